The smallest absolute Gasteiger partial charge is 0.194 e. The zero-order chi connectivity index (χ0) is 19.6. The summed E-state index contributed by atoms with van der Waals surface area (Å²) in [6.45, 7) is 7.51. The van der Waals surface area contributed by atoms with Crippen molar-refractivity contribution in [1.82, 2.24) is 10.2 Å². The number of morpholine rings is 1. The van der Waals surface area contributed by atoms with Gasteiger partial charge in [0, 0.05) is 32.8 Å². The van der Waals surface area contributed by atoms with E-state index in [0.29, 0.717) is 19.0 Å². The van der Waals surface area contributed by atoms with E-state index < -0.39 is 0 Å². The van der Waals surface area contributed by atoms with Crippen LogP contribution in [0.2, 0.25) is 0 Å². The fourth-order valence-electron chi connectivity index (χ4n) is 3.53. The fourth-order valence-corrected chi connectivity index (χ4v) is 3.53. The normalized spacial score (nSPS) is 22.3. The molecule has 29 heavy (non-hydrogen) atoms. The number of rotatable bonds is 8. The van der Waals surface area contributed by atoms with Gasteiger partial charge in [-0.25, -0.2) is 4.39 Å². The lowest BCUT2D eigenvalue weighted by Crippen LogP contribution is -2.53. The Morgan fingerprint density at radius 1 is 1.21 bits per heavy atom. The van der Waals surface area contributed by atoms with Gasteiger partial charge in [0.05, 0.1) is 19.3 Å². The standard InChI is InChI=1S/C21H32FN3O3.HI/c1-2-23-21(25-12-15-28-20(16-25)19-6-5-14-27-19)24-11-3-4-13-26-18-9-7-17(22)8-10-18;/h7-10,19-20H,2-6,11-16H2,1H3,(H,23,24);1H. The number of nitrogens with one attached hydrogen (secondary N) is 1. The summed E-state index contributed by atoms with van der Waals surface area (Å²) in [5.74, 6) is 1.41. The van der Waals surface area contributed by atoms with Crippen molar-refractivity contribution in [2.24, 2.45) is 4.99 Å². The molecule has 2 heterocycles. The van der Waals surface area contributed by atoms with Crippen LogP contribution < -0.4 is 10.1 Å². The lowest BCUT2D eigenvalue weighted by atomic mass is 10.1. The molecule has 8 heteroatoms. The molecule has 2 saturated heterocycles. The largest absolute Gasteiger partial charge is 0.494 e. The molecule has 2 unspecified atom stereocenters. The van der Waals surface area contributed by atoms with Crippen LogP contribution in [0, 0.1) is 5.82 Å². The van der Waals surface area contributed by atoms with Gasteiger partial charge in [-0.1, -0.05) is 0 Å². The fraction of sp³-hybridized carbons (Fsp3) is 0.667. The first-order valence-corrected chi connectivity index (χ1v) is 10.4. The van der Waals surface area contributed by atoms with Crippen molar-refractivity contribution in [3.05, 3.63) is 30.1 Å². The summed E-state index contributed by atoms with van der Waals surface area (Å²) in [5.41, 5.74) is 0. The van der Waals surface area contributed by atoms with Gasteiger partial charge in [0.2, 0.25) is 0 Å². The molecule has 6 nitrogen and oxygen atoms in total. The number of hydrogen-bond acceptors (Lipinski definition) is 4. The molecule has 2 fully saturated rings. The predicted molar refractivity (Wildman–Crippen MR) is 123 cm³/mol. The number of unbranched alkanes of at least 4 members (excludes halogenated alkanes) is 1. The monoisotopic (exact) mass is 521 g/mol. The first kappa shape index (κ1) is 24.1. The van der Waals surface area contributed by atoms with Gasteiger partial charge in [-0.15, -0.1) is 24.0 Å². The second-order valence-electron chi connectivity index (χ2n) is 7.15. The Morgan fingerprint density at radius 3 is 2.72 bits per heavy atom. The molecule has 0 radical (unpaired) electrons. The molecule has 3 rings (SSSR count). The highest BCUT2D eigenvalue weighted by atomic mass is 127. The van der Waals surface area contributed by atoms with Crippen molar-refractivity contribution >= 4 is 29.9 Å². The van der Waals surface area contributed by atoms with Crippen molar-refractivity contribution < 1.29 is 18.6 Å². The second kappa shape index (κ2) is 13.2. The Balaban J connectivity index is 0.00000300. The second-order valence-corrected chi connectivity index (χ2v) is 7.15. The van der Waals surface area contributed by atoms with E-state index in [2.05, 4.69) is 17.1 Å². The van der Waals surface area contributed by atoms with Gasteiger partial charge in [-0.2, -0.15) is 0 Å². The van der Waals surface area contributed by atoms with E-state index in [1.165, 1.54) is 12.1 Å². The molecule has 0 aromatic heterocycles. The van der Waals surface area contributed by atoms with E-state index in [-0.39, 0.29) is 42.0 Å². The van der Waals surface area contributed by atoms with E-state index in [1.807, 2.05) is 0 Å². The summed E-state index contributed by atoms with van der Waals surface area (Å²) in [6.07, 6.45) is 4.40. The van der Waals surface area contributed by atoms with Crippen molar-refractivity contribution in [3.8, 4) is 5.75 Å². The molecule has 0 saturated carbocycles. The molecule has 1 aromatic carbocycles. The molecule has 1 aromatic rings. The Bertz CT molecular complexity index is 612. The van der Waals surface area contributed by atoms with E-state index >= 15 is 0 Å². The lowest BCUT2D eigenvalue weighted by molar-refractivity contribution is -0.0817. The maximum absolute atomic E-state index is 12.9. The maximum atomic E-state index is 12.9. The van der Waals surface area contributed by atoms with Crippen molar-refractivity contribution in [1.29, 1.82) is 0 Å². The van der Waals surface area contributed by atoms with Crippen molar-refractivity contribution in [2.45, 2.75) is 44.8 Å². The number of nitrogens with zero attached hydrogens (tertiary/aromatic N) is 2. The Labute approximate surface area is 190 Å². The highest BCUT2D eigenvalue weighted by Crippen LogP contribution is 2.21. The van der Waals surface area contributed by atoms with Crippen LogP contribution >= 0.6 is 24.0 Å². The van der Waals surface area contributed by atoms with Gasteiger partial charge in [0.15, 0.2) is 5.96 Å². The van der Waals surface area contributed by atoms with Gasteiger partial charge >= 0.3 is 0 Å². The van der Waals surface area contributed by atoms with Crippen LogP contribution in [-0.2, 0) is 9.47 Å². The molecule has 2 aliphatic heterocycles. The number of hydrogen-bond donors (Lipinski definition) is 1. The summed E-state index contributed by atoms with van der Waals surface area (Å²) in [4.78, 5) is 7.07. The van der Waals surface area contributed by atoms with Crippen LogP contribution in [0.3, 0.4) is 0 Å². The average molecular weight is 521 g/mol. The highest BCUT2D eigenvalue weighted by molar-refractivity contribution is 14.0. The van der Waals surface area contributed by atoms with Gasteiger partial charge in [0.25, 0.3) is 0 Å². The minimum atomic E-state index is -0.248. The van der Waals surface area contributed by atoms with Gasteiger partial charge in [-0.3, -0.25) is 4.99 Å². The predicted octanol–water partition coefficient (Wildman–Crippen LogP) is 3.45. The summed E-state index contributed by atoms with van der Waals surface area (Å²) in [5, 5.41) is 3.40. The molecule has 0 aliphatic carbocycles. The Kier molecular flexibility index (Phi) is 11.0. The molecule has 1 N–H and O–H groups in total. The maximum Gasteiger partial charge on any atom is 0.194 e. The molecular formula is C21H33FIN3O3. The zero-order valence-corrected chi connectivity index (χ0v) is 19.5. The van der Waals surface area contributed by atoms with Crippen LogP contribution in [0.25, 0.3) is 0 Å². The average Bonchev–Trinajstić information content (AvgIpc) is 3.26. The first-order valence-electron chi connectivity index (χ1n) is 10.4. The topological polar surface area (TPSA) is 55.3 Å². The van der Waals surface area contributed by atoms with Gasteiger partial charge < -0.3 is 24.4 Å². The first-order chi connectivity index (χ1) is 13.8. The number of halogens is 2. The third-order valence-electron chi connectivity index (χ3n) is 5.00. The van der Waals surface area contributed by atoms with Crippen LogP contribution in [-0.4, -0.2) is 69.1 Å². The van der Waals surface area contributed by atoms with E-state index in [9.17, 15) is 4.39 Å². The van der Waals surface area contributed by atoms with E-state index in [4.69, 9.17) is 19.2 Å². The van der Waals surface area contributed by atoms with Gasteiger partial charge in [-0.05, 0) is 56.9 Å². The Hall–Kier alpha value is -1.13. The quantitative estimate of drug-likeness (QED) is 0.246. The summed E-state index contributed by atoms with van der Waals surface area (Å²) < 4.78 is 30.3. The van der Waals surface area contributed by atoms with Gasteiger partial charge in [0.1, 0.15) is 17.7 Å². The molecule has 2 aliphatic rings. The molecular weight excluding hydrogens is 488 g/mol. The van der Waals surface area contributed by atoms with Crippen LogP contribution in [0.5, 0.6) is 5.75 Å². The minimum absolute atomic E-state index is 0. The lowest BCUT2D eigenvalue weighted by Gasteiger charge is -2.37. The number of benzene rings is 1. The Morgan fingerprint density at radius 2 is 2.00 bits per heavy atom. The van der Waals surface area contributed by atoms with Crippen molar-refractivity contribution in [2.75, 3.05) is 46.0 Å². The number of aliphatic imine (C=N–C) groups is 1. The number of guanidine groups is 1. The third kappa shape index (κ3) is 7.90. The SMILES string of the molecule is CCNC(=NCCCCOc1ccc(F)cc1)N1CCOC(C2CCCO2)C1.I. The van der Waals surface area contributed by atoms with E-state index in [1.54, 1.807) is 12.1 Å². The highest BCUT2D eigenvalue weighted by Gasteiger charge is 2.32. The van der Waals surface area contributed by atoms with Crippen LogP contribution in [0.4, 0.5) is 4.39 Å². The number of ether oxygens (including phenoxy) is 3. The molecule has 0 bridgehead atoms. The van der Waals surface area contributed by atoms with Crippen LogP contribution in [0.1, 0.15) is 32.6 Å². The summed E-state index contributed by atoms with van der Waals surface area (Å²) in [7, 11) is 0. The molecule has 2 atom stereocenters. The van der Waals surface area contributed by atoms with Crippen molar-refractivity contribution in [3.63, 3.8) is 0 Å². The molecule has 0 spiro atoms. The zero-order valence-electron chi connectivity index (χ0n) is 17.1. The van der Waals surface area contributed by atoms with E-state index in [0.717, 1.165) is 64.4 Å². The summed E-state index contributed by atoms with van der Waals surface area (Å²) >= 11 is 0. The molecule has 164 valence electrons. The minimum Gasteiger partial charge on any atom is -0.494 e. The molecule has 0 amide bonds. The van der Waals surface area contributed by atoms with Crippen LogP contribution in [0.15, 0.2) is 29.3 Å². The summed E-state index contributed by atoms with van der Waals surface area (Å²) in [6, 6.07) is 6.13. The third-order valence-corrected chi connectivity index (χ3v) is 5.00.